The minimum absolute atomic E-state index is 0.344. The average molecular weight is 259 g/mol. The van der Waals surface area contributed by atoms with E-state index in [1.807, 2.05) is 11.7 Å². The first-order chi connectivity index (χ1) is 8.88. The van der Waals surface area contributed by atoms with Crippen molar-refractivity contribution in [2.75, 3.05) is 13.1 Å². The molecule has 0 saturated carbocycles. The van der Waals surface area contributed by atoms with Gasteiger partial charge in [-0.1, -0.05) is 24.3 Å². The fourth-order valence-corrected chi connectivity index (χ4v) is 3.31. The van der Waals surface area contributed by atoms with E-state index in [0.29, 0.717) is 12.6 Å². The predicted molar refractivity (Wildman–Crippen MR) is 74.5 cm³/mol. The number of nitrogens with two attached hydrogens (primary N) is 1. The molecule has 0 saturated heterocycles. The molecule has 0 spiro atoms. The van der Waals surface area contributed by atoms with Crippen molar-refractivity contribution >= 4 is 11.3 Å². The Balaban J connectivity index is 1.85. The van der Waals surface area contributed by atoms with Gasteiger partial charge in [0, 0.05) is 36.8 Å². The van der Waals surface area contributed by atoms with Gasteiger partial charge in [-0.05, 0) is 17.5 Å². The number of hydrogen-bond acceptors (Lipinski definition) is 4. The Hall–Kier alpha value is -1.23. The third kappa shape index (κ3) is 2.19. The van der Waals surface area contributed by atoms with Crippen LogP contribution in [0.1, 0.15) is 22.0 Å². The van der Waals surface area contributed by atoms with Gasteiger partial charge in [-0.15, -0.1) is 11.3 Å². The van der Waals surface area contributed by atoms with Gasteiger partial charge in [-0.3, -0.25) is 9.88 Å². The van der Waals surface area contributed by atoms with E-state index in [0.717, 1.165) is 19.5 Å². The molecule has 18 heavy (non-hydrogen) atoms. The summed E-state index contributed by atoms with van der Waals surface area (Å²) in [6.07, 6.45) is 3.07. The van der Waals surface area contributed by atoms with Crippen LogP contribution in [0.2, 0.25) is 0 Å². The number of fused-ring (bicyclic) bond motifs is 1. The average Bonchev–Trinajstić information content (AvgIpc) is 2.91. The van der Waals surface area contributed by atoms with Crippen molar-refractivity contribution < 1.29 is 0 Å². The molecule has 0 aliphatic carbocycles. The zero-order valence-corrected chi connectivity index (χ0v) is 11.1. The van der Waals surface area contributed by atoms with Gasteiger partial charge in [-0.2, -0.15) is 0 Å². The molecule has 2 heterocycles. The van der Waals surface area contributed by atoms with E-state index in [1.165, 1.54) is 16.0 Å². The molecular weight excluding hydrogens is 242 g/mol. The SMILES string of the molecule is NCC1c2ccccc2CCN1Cc1cncs1. The van der Waals surface area contributed by atoms with Gasteiger partial charge in [-0.25, -0.2) is 0 Å². The van der Waals surface area contributed by atoms with Crippen LogP contribution in [0, 0.1) is 0 Å². The smallest absolute Gasteiger partial charge is 0.0794 e. The van der Waals surface area contributed by atoms with Crippen LogP contribution in [0.4, 0.5) is 0 Å². The summed E-state index contributed by atoms with van der Waals surface area (Å²) in [5.41, 5.74) is 10.7. The topological polar surface area (TPSA) is 42.1 Å². The molecule has 94 valence electrons. The first kappa shape index (κ1) is 11.8. The summed E-state index contributed by atoms with van der Waals surface area (Å²) in [5.74, 6) is 0. The van der Waals surface area contributed by atoms with Crippen LogP contribution in [0.3, 0.4) is 0 Å². The van der Waals surface area contributed by atoms with Crippen molar-refractivity contribution in [3.63, 3.8) is 0 Å². The normalized spacial score (nSPS) is 19.7. The Labute approximate surface area is 111 Å². The van der Waals surface area contributed by atoms with Crippen LogP contribution in [0.5, 0.6) is 0 Å². The molecule has 4 heteroatoms. The molecular formula is C14H17N3S. The highest BCUT2D eigenvalue weighted by molar-refractivity contribution is 7.09. The van der Waals surface area contributed by atoms with Crippen molar-refractivity contribution in [1.82, 2.24) is 9.88 Å². The molecule has 2 aromatic rings. The lowest BCUT2D eigenvalue weighted by Gasteiger charge is -2.36. The second kappa shape index (κ2) is 5.18. The first-order valence-electron chi connectivity index (χ1n) is 6.28. The third-order valence-corrected chi connectivity index (χ3v) is 4.35. The van der Waals surface area contributed by atoms with Crippen LogP contribution in [-0.2, 0) is 13.0 Å². The van der Waals surface area contributed by atoms with Crippen LogP contribution in [-0.4, -0.2) is 23.0 Å². The third-order valence-electron chi connectivity index (χ3n) is 3.59. The van der Waals surface area contributed by atoms with Gasteiger partial charge in [0.1, 0.15) is 0 Å². The minimum atomic E-state index is 0.344. The van der Waals surface area contributed by atoms with Gasteiger partial charge in [0.25, 0.3) is 0 Å². The zero-order chi connectivity index (χ0) is 12.4. The van der Waals surface area contributed by atoms with E-state index >= 15 is 0 Å². The lowest BCUT2D eigenvalue weighted by Crippen LogP contribution is -2.38. The van der Waals surface area contributed by atoms with Gasteiger partial charge >= 0.3 is 0 Å². The van der Waals surface area contributed by atoms with Crippen molar-refractivity contribution in [2.24, 2.45) is 5.73 Å². The minimum Gasteiger partial charge on any atom is -0.329 e. The Bertz CT molecular complexity index is 510. The molecule has 0 radical (unpaired) electrons. The van der Waals surface area contributed by atoms with E-state index in [4.69, 9.17) is 5.73 Å². The summed E-state index contributed by atoms with van der Waals surface area (Å²) < 4.78 is 0. The summed E-state index contributed by atoms with van der Waals surface area (Å²) in [7, 11) is 0. The summed E-state index contributed by atoms with van der Waals surface area (Å²) in [4.78, 5) is 7.92. The molecule has 1 atom stereocenters. The van der Waals surface area contributed by atoms with Gasteiger partial charge < -0.3 is 5.73 Å². The Morgan fingerprint density at radius 2 is 2.28 bits per heavy atom. The highest BCUT2D eigenvalue weighted by atomic mass is 32.1. The van der Waals surface area contributed by atoms with Crippen LogP contribution < -0.4 is 5.73 Å². The van der Waals surface area contributed by atoms with Crippen LogP contribution in [0.15, 0.2) is 36.0 Å². The second-order valence-electron chi connectivity index (χ2n) is 4.64. The van der Waals surface area contributed by atoms with Crippen molar-refractivity contribution in [1.29, 1.82) is 0 Å². The summed E-state index contributed by atoms with van der Waals surface area (Å²) in [6.45, 7) is 2.72. The highest BCUT2D eigenvalue weighted by Crippen LogP contribution is 2.30. The molecule has 1 aromatic carbocycles. The maximum absolute atomic E-state index is 5.98. The first-order valence-corrected chi connectivity index (χ1v) is 7.15. The Kier molecular flexibility index (Phi) is 3.41. The Morgan fingerprint density at radius 1 is 1.39 bits per heavy atom. The van der Waals surface area contributed by atoms with Gasteiger partial charge in [0.15, 0.2) is 0 Å². The molecule has 3 nitrogen and oxygen atoms in total. The molecule has 1 unspecified atom stereocenters. The lowest BCUT2D eigenvalue weighted by molar-refractivity contribution is 0.182. The molecule has 0 amide bonds. The van der Waals surface area contributed by atoms with E-state index < -0.39 is 0 Å². The van der Waals surface area contributed by atoms with Crippen molar-refractivity contribution in [3.05, 3.63) is 52.0 Å². The molecule has 2 N–H and O–H groups in total. The number of nitrogens with zero attached hydrogens (tertiary/aromatic N) is 2. The number of benzene rings is 1. The highest BCUT2D eigenvalue weighted by Gasteiger charge is 2.25. The number of rotatable bonds is 3. The molecule has 0 fully saturated rings. The lowest BCUT2D eigenvalue weighted by atomic mass is 9.92. The monoisotopic (exact) mass is 259 g/mol. The molecule has 0 bridgehead atoms. The molecule has 1 aromatic heterocycles. The second-order valence-corrected chi connectivity index (χ2v) is 5.61. The summed E-state index contributed by atoms with van der Waals surface area (Å²) >= 11 is 1.72. The predicted octanol–water partition coefficient (Wildman–Crippen LogP) is 2.20. The number of thiazole rings is 1. The number of aromatic nitrogens is 1. The maximum atomic E-state index is 5.98. The summed E-state index contributed by atoms with van der Waals surface area (Å²) in [6, 6.07) is 9.01. The largest absolute Gasteiger partial charge is 0.329 e. The maximum Gasteiger partial charge on any atom is 0.0794 e. The molecule has 1 aliphatic heterocycles. The van der Waals surface area contributed by atoms with E-state index in [1.54, 1.807) is 11.3 Å². The fraction of sp³-hybridized carbons (Fsp3) is 0.357. The summed E-state index contributed by atoms with van der Waals surface area (Å²) in [5, 5.41) is 0. The van der Waals surface area contributed by atoms with Crippen LogP contribution >= 0.6 is 11.3 Å². The standard InChI is InChI=1S/C14H17N3S/c15-7-14-13-4-2-1-3-11(13)5-6-17(14)9-12-8-16-10-18-12/h1-4,8,10,14H,5-7,9,15H2. The quantitative estimate of drug-likeness (QED) is 0.919. The van der Waals surface area contributed by atoms with E-state index in [2.05, 4.69) is 34.1 Å². The fourth-order valence-electron chi connectivity index (χ4n) is 2.69. The van der Waals surface area contributed by atoms with Crippen molar-refractivity contribution in [2.45, 2.75) is 19.0 Å². The van der Waals surface area contributed by atoms with Crippen molar-refractivity contribution in [3.8, 4) is 0 Å². The van der Waals surface area contributed by atoms with E-state index in [9.17, 15) is 0 Å². The van der Waals surface area contributed by atoms with Crippen LogP contribution in [0.25, 0.3) is 0 Å². The molecule has 3 rings (SSSR count). The van der Waals surface area contributed by atoms with Gasteiger partial charge in [0.2, 0.25) is 0 Å². The number of hydrogen-bond donors (Lipinski definition) is 1. The van der Waals surface area contributed by atoms with E-state index in [-0.39, 0.29) is 0 Å². The Morgan fingerprint density at radius 3 is 3.06 bits per heavy atom. The van der Waals surface area contributed by atoms with Gasteiger partial charge in [0.05, 0.1) is 5.51 Å². The molecule has 1 aliphatic rings. The zero-order valence-electron chi connectivity index (χ0n) is 10.2.